The van der Waals surface area contributed by atoms with Crippen molar-refractivity contribution in [2.45, 2.75) is 32.0 Å². The number of hydrogen-bond donors (Lipinski definition) is 1. The first kappa shape index (κ1) is 21.9. The highest BCUT2D eigenvalue weighted by atomic mass is 16.5. The van der Waals surface area contributed by atoms with Gasteiger partial charge in [-0.3, -0.25) is 4.90 Å². The zero-order valence-corrected chi connectivity index (χ0v) is 20.4. The molecule has 0 amide bonds. The van der Waals surface area contributed by atoms with Crippen LogP contribution >= 0.6 is 0 Å². The van der Waals surface area contributed by atoms with Crippen molar-refractivity contribution in [1.29, 1.82) is 0 Å². The fourth-order valence-electron chi connectivity index (χ4n) is 5.56. The van der Waals surface area contributed by atoms with Crippen LogP contribution in [0.3, 0.4) is 0 Å². The standard InChI is InChI=1S/C29H30N2O4/c1-32-20-6-4-5-18(11-20)17-35-29-12-19-9-10-31-16-26-24(14-27(31)22(19)15-28(29)34-3)23-13-21(33-2)7-8-25(23)30-26/h4-8,11-13,15,27,30H,9-10,14,16-17H2,1-3H3. The Morgan fingerprint density at radius 2 is 1.77 bits per heavy atom. The molecule has 0 saturated heterocycles. The number of nitrogens with one attached hydrogen (secondary N) is 1. The Kier molecular flexibility index (Phi) is 5.53. The van der Waals surface area contributed by atoms with E-state index in [1.54, 1.807) is 21.3 Å². The van der Waals surface area contributed by atoms with Crippen molar-refractivity contribution < 1.29 is 18.9 Å². The summed E-state index contributed by atoms with van der Waals surface area (Å²) in [5.41, 5.74) is 7.63. The number of hydrogen-bond acceptors (Lipinski definition) is 5. The Morgan fingerprint density at radius 1 is 0.914 bits per heavy atom. The highest BCUT2D eigenvalue weighted by molar-refractivity contribution is 5.86. The second-order valence-electron chi connectivity index (χ2n) is 9.28. The second kappa shape index (κ2) is 8.86. The Morgan fingerprint density at radius 3 is 2.60 bits per heavy atom. The molecule has 0 saturated carbocycles. The van der Waals surface area contributed by atoms with Crippen molar-refractivity contribution in [2.24, 2.45) is 0 Å². The quantitative estimate of drug-likeness (QED) is 0.407. The van der Waals surface area contributed by atoms with Gasteiger partial charge in [0.15, 0.2) is 11.5 Å². The smallest absolute Gasteiger partial charge is 0.161 e. The highest BCUT2D eigenvalue weighted by Gasteiger charge is 2.34. The van der Waals surface area contributed by atoms with Crippen molar-refractivity contribution in [3.8, 4) is 23.0 Å². The van der Waals surface area contributed by atoms with Crippen molar-refractivity contribution in [3.63, 3.8) is 0 Å². The fourth-order valence-corrected chi connectivity index (χ4v) is 5.56. The number of ether oxygens (including phenoxy) is 4. The molecule has 0 bridgehead atoms. The SMILES string of the molecule is COc1cccc(COc2cc3c(cc2OC)C2Cc4c([nH]c5ccc(OC)cc45)CN2CC3)c1. The van der Waals surface area contributed by atoms with E-state index >= 15 is 0 Å². The number of rotatable bonds is 6. The van der Waals surface area contributed by atoms with E-state index < -0.39 is 0 Å². The van der Waals surface area contributed by atoms with E-state index in [2.05, 4.69) is 34.1 Å². The van der Waals surface area contributed by atoms with Crippen LogP contribution in [-0.2, 0) is 26.0 Å². The number of benzene rings is 3. The molecule has 6 heteroatoms. The third-order valence-corrected chi connectivity index (χ3v) is 7.38. The Labute approximate surface area is 205 Å². The number of H-pyrrole nitrogens is 1. The van der Waals surface area contributed by atoms with Gasteiger partial charge in [-0.25, -0.2) is 0 Å². The molecule has 1 aromatic heterocycles. The minimum Gasteiger partial charge on any atom is -0.497 e. The summed E-state index contributed by atoms with van der Waals surface area (Å²) in [5, 5.41) is 1.26. The maximum absolute atomic E-state index is 6.23. The molecule has 2 aliphatic heterocycles. The predicted molar refractivity (Wildman–Crippen MR) is 136 cm³/mol. The van der Waals surface area contributed by atoms with Crippen LogP contribution < -0.4 is 18.9 Å². The van der Waals surface area contributed by atoms with Crippen molar-refractivity contribution in [3.05, 3.63) is 82.5 Å². The lowest BCUT2D eigenvalue weighted by molar-refractivity contribution is 0.158. The summed E-state index contributed by atoms with van der Waals surface area (Å²) in [4.78, 5) is 6.22. The van der Waals surface area contributed by atoms with Gasteiger partial charge >= 0.3 is 0 Å². The molecule has 6 rings (SSSR count). The van der Waals surface area contributed by atoms with E-state index in [0.29, 0.717) is 12.6 Å². The average Bonchev–Trinajstić information content (AvgIpc) is 3.26. The van der Waals surface area contributed by atoms with Crippen LogP contribution in [0.2, 0.25) is 0 Å². The first-order chi connectivity index (χ1) is 17.2. The molecule has 0 fully saturated rings. The summed E-state index contributed by atoms with van der Waals surface area (Å²) in [6.45, 7) is 2.41. The number of nitrogens with zero attached hydrogens (tertiary/aromatic N) is 1. The van der Waals surface area contributed by atoms with E-state index in [9.17, 15) is 0 Å². The lowest BCUT2D eigenvalue weighted by atomic mass is 9.85. The van der Waals surface area contributed by atoms with Gasteiger partial charge in [0.05, 0.1) is 21.3 Å². The summed E-state index contributed by atoms with van der Waals surface area (Å²) in [6.07, 6.45) is 1.96. The molecule has 35 heavy (non-hydrogen) atoms. The van der Waals surface area contributed by atoms with Crippen molar-refractivity contribution >= 4 is 10.9 Å². The predicted octanol–water partition coefficient (Wildman–Crippen LogP) is 5.43. The molecule has 1 atom stereocenters. The molecule has 180 valence electrons. The number of aromatic nitrogens is 1. The van der Waals surface area contributed by atoms with E-state index in [1.807, 2.05) is 30.3 Å². The molecular weight excluding hydrogens is 440 g/mol. The van der Waals surface area contributed by atoms with Gasteiger partial charge in [-0.15, -0.1) is 0 Å². The zero-order chi connectivity index (χ0) is 23.9. The Balaban J connectivity index is 1.31. The first-order valence-electron chi connectivity index (χ1n) is 12.0. The van der Waals surface area contributed by atoms with Crippen LogP contribution in [0.4, 0.5) is 0 Å². The Hall–Kier alpha value is -3.64. The van der Waals surface area contributed by atoms with Gasteiger partial charge < -0.3 is 23.9 Å². The third kappa shape index (κ3) is 3.88. The molecule has 0 radical (unpaired) electrons. The summed E-state index contributed by atoms with van der Waals surface area (Å²) >= 11 is 0. The summed E-state index contributed by atoms with van der Waals surface area (Å²) < 4.78 is 22.9. The van der Waals surface area contributed by atoms with E-state index in [0.717, 1.165) is 54.5 Å². The minimum atomic E-state index is 0.317. The van der Waals surface area contributed by atoms with E-state index in [1.165, 1.54) is 33.3 Å². The molecule has 0 aliphatic carbocycles. The maximum atomic E-state index is 6.23. The van der Waals surface area contributed by atoms with Crippen LogP contribution in [0, 0.1) is 0 Å². The van der Waals surface area contributed by atoms with Gasteiger partial charge in [0, 0.05) is 35.7 Å². The molecule has 6 nitrogen and oxygen atoms in total. The molecular formula is C29H30N2O4. The molecule has 1 N–H and O–H groups in total. The van der Waals surface area contributed by atoms with Gasteiger partial charge in [0.2, 0.25) is 0 Å². The monoisotopic (exact) mass is 470 g/mol. The topological polar surface area (TPSA) is 56.0 Å². The normalized spacial score (nSPS) is 16.8. The highest BCUT2D eigenvalue weighted by Crippen LogP contribution is 2.44. The van der Waals surface area contributed by atoms with Gasteiger partial charge in [-0.1, -0.05) is 12.1 Å². The van der Waals surface area contributed by atoms with Crippen LogP contribution in [-0.4, -0.2) is 37.8 Å². The van der Waals surface area contributed by atoms with Gasteiger partial charge in [-0.05, 0) is 77.6 Å². The molecule has 2 aliphatic rings. The van der Waals surface area contributed by atoms with Crippen LogP contribution in [0.15, 0.2) is 54.6 Å². The minimum absolute atomic E-state index is 0.317. The fraction of sp³-hybridized carbons (Fsp3) is 0.310. The maximum Gasteiger partial charge on any atom is 0.161 e. The lowest BCUT2D eigenvalue weighted by Gasteiger charge is -2.40. The molecule has 4 aromatic rings. The largest absolute Gasteiger partial charge is 0.497 e. The van der Waals surface area contributed by atoms with Crippen LogP contribution in [0.5, 0.6) is 23.0 Å². The molecule has 1 unspecified atom stereocenters. The summed E-state index contributed by atoms with van der Waals surface area (Å²) in [6, 6.07) is 18.9. The zero-order valence-electron chi connectivity index (χ0n) is 20.4. The van der Waals surface area contributed by atoms with Crippen molar-refractivity contribution in [1.82, 2.24) is 9.88 Å². The summed E-state index contributed by atoms with van der Waals surface area (Å²) in [5.74, 6) is 3.29. The first-order valence-corrected chi connectivity index (χ1v) is 12.0. The van der Waals surface area contributed by atoms with Gasteiger partial charge in [0.1, 0.15) is 18.1 Å². The van der Waals surface area contributed by atoms with E-state index in [4.69, 9.17) is 18.9 Å². The van der Waals surface area contributed by atoms with Gasteiger partial charge in [-0.2, -0.15) is 0 Å². The van der Waals surface area contributed by atoms with E-state index in [-0.39, 0.29) is 0 Å². The lowest BCUT2D eigenvalue weighted by Crippen LogP contribution is -2.39. The van der Waals surface area contributed by atoms with Crippen LogP contribution in [0.25, 0.3) is 10.9 Å². The average molecular weight is 471 g/mol. The second-order valence-corrected chi connectivity index (χ2v) is 9.28. The Bertz CT molecular complexity index is 1390. The number of aromatic amines is 1. The van der Waals surface area contributed by atoms with Crippen LogP contribution in [0.1, 0.15) is 34.0 Å². The molecule has 3 aromatic carbocycles. The molecule has 0 spiro atoms. The number of methoxy groups -OCH3 is 3. The third-order valence-electron chi connectivity index (χ3n) is 7.38. The number of fused-ring (bicyclic) bond motifs is 6. The van der Waals surface area contributed by atoms with Gasteiger partial charge in [0.25, 0.3) is 0 Å². The van der Waals surface area contributed by atoms with Crippen molar-refractivity contribution in [2.75, 3.05) is 27.9 Å². The molecule has 3 heterocycles. The summed E-state index contributed by atoms with van der Waals surface area (Å²) in [7, 11) is 5.11.